The number of carbonyl (C=O) groups is 1. The van der Waals surface area contributed by atoms with E-state index in [0.717, 1.165) is 0 Å². The zero-order chi connectivity index (χ0) is 8.97. The molecule has 0 radical (unpaired) electrons. The number of esters is 1. The van der Waals surface area contributed by atoms with Crippen LogP contribution in [0.25, 0.3) is 4.98 Å². The van der Waals surface area contributed by atoms with Gasteiger partial charge in [-0.2, -0.15) is 0 Å². The van der Waals surface area contributed by atoms with Crippen LogP contribution in [0, 0.1) is 5.39 Å². The SMILES string of the molecule is CCOC(=O)c1[nH]cnc1[N+]#N.[Cl-]. The quantitative estimate of drug-likeness (QED) is 0.448. The molecule has 1 aromatic rings. The Bertz CT molecular complexity index is 330. The van der Waals surface area contributed by atoms with Crippen LogP contribution in [0.2, 0.25) is 0 Å². The number of aromatic nitrogens is 2. The van der Waals surface area contributed by atoms with Gasteiger partial charge in [-0.05, 0) is 11.9 Å². The van der Waals surface area contributed by atoms with Gasteiger partial charge in [-0.3, -0.25) is 0 Å². The fourth-order valence-corrected chi connectivity index (χ4v) is 0.716. The van der Waals surface area contributed by atoms with E-state index in [9.17, 15) is 4.79 Å². The van der Waals surface area contributed by atoms with Crippen LogP contribution in [0.4, 0.5) is 5.82 Å². The summed E-state index contributed by atoms with van der Waals surface area (Å²) in [6.45, 7) is 1.95. The van der Waals surface area contributed by atoms with Crippen molar-refractivity contribution >= 4 is 11.8 Å². The zero-order valence-corrected chi connectivity index (χ0v) is 7.58. The van der Waals surface area contributed by atoms with Crippen molar-refractivity contribution in [2.75, 3.05) is 6.61 Å². The number of halogens is 1. The molecular weight excluding hydrogens is 196 g/mol. The van der Waals surface area contributed by atoms with Crippen LogP contribution < -0.4 is 12.4 Å². The molecule has 0 saturated heterocycles. The van der Waals surface area contributed by atoms with Crippen molar-refractivity contribution in [3.8, 4) is 0 Å². The summed E-state index contributed by atoms with van der Waals surface area (Å²) in [5, 5.41) is 8.36. The lowest BCUT2D eigenvalue weighted by Crippen LogP contribution is -3.00. The predicted molar refractivity (Wildman–Crippen MR) is 39.3 cm³/mol. The normalized spacial score (nSPS) is 8.31. The van der Waals surface area contributed by atoms with Gasteiger partial charge in [-0.15, -0.1) is 0 Å². The van der Waals surface area contributed by atoms with Gasteiger partial charge < -0.3 is 22.1 Å². The van der Waals surface area contributed by atoms with E-state index in [1.54, 1.807) is 6.92 Å². The molecule has 1 N–H and O–H groups in total. The molecule has 13 heavy (non-hydrogen) atoms. The summed E-state index contributed by atoms with van der Waals surface area (Å²) in [4.78, 5) is 19.9. The monoisotopic (exact) mass is 202 g/mol. The Kier molecular flexibility index (Phi) is 4.48. The Hall–Kier alpha value is -1.61. The summed E-state index contributed by atoms with van der Waals surface area (Å²) in [5.41, 5.74) is 0.0550. The van der Waals surface area contributed by atoms with Crippen molar-refractivity contribution in [2.45, 2.75) is 6.92 Å². The molecule has 0 fully saturated rings. The molecule has 6 nitrogen and oxygen atoms in total. The van der Waals surface area contributed by atoms with E-state index in [2.05, 4.69) is 19.7 Å². The van der Waals surface area contributed by atoms with Gasteiger partial charge in [0.25, 0.3) is 0 Å². The third-order valence-electron chi connectivity index (χ3n) is 1.19. The Labute approximate surface area is 80.3 Å². The van der Waals surface area contributed by atoms with E-state index in [1.165, 1.54) is 6.33 Å². The first-order chi connectivity index (χ1) is 5.79. The fraction of sp³-hybridized carbons (Fsp3) is 0.333. The Morgan fingerprint density at radius 2 is 2.54 bits per heavy atom. The molecule has 1 aromatic heterocycles. The molecule has 70 valence electrons. The lowest BCUT2D eigenvalue weighted by atomic mass is 10.4. The van der Waals surface area contributed by atoms with Crippen LogP contribution in [0.1, 0.15) is 17.4 Å². The van der Waals surface area contributed by atoms with Gasteiger partial charge in [0, 0.05) is 4.98 Å². The molecule has 0 spiro atoms. The van der Waals surface area contributed by atoms with Gasteiger partial charge in [-0.25, -0.2) is 4.79 Å². The van der Waals surface area contributed by atoms with Crippen molar-refractivity contribution in [1.82, 2.24) is 9.97 Å². The lowest BCUT2D eigenvalue weighted by molar-refractivity contribution is -0.0000210. The highest BCUT2D eigenvalue weighted by Gasteiger charge is 2.24. The summed E-state index contributed by atoms with van der Waals surface area (Å²) in [5.74, 6) is -0.642. The number of nitrogens with zero attached hydrogens (tertiary/aromatic N) is 3. The van der Waals surface area contributed by atoms with Crippen molar-refractivity contribution in [3.05, 3.63) is 17.0 Å². The minimum absolute atomic E-state index is 0. The van der Waals surface area contributed by atoms with E-state index in [0.29, 0.717) is 0 Å². The molecule has 1 heterocycles. The van der Waals surface area contributed by atoms with Gasteiger partial charge in [0.2, 0.25) is 12.0 Å². The molecule has 0 saturated carbocycles. The molecule has 0 aliphatic heterocycles. The average molecular weight is 203 g/mol. The van der Waals surface area contributed by atoms with Gasteiger partial charge in [0.15, 0.2) is 0 Å². The first kappa shape index (κ1) is 11.4. The first-order valence-electron chi connectivity index (χ1n) is 3.35. The smallest absolute Gasteiger partial charge is 0.497 e. The Morgan fingerprint density at radius 1 is 1.85 bits per heavy atom. The number of imidazole rings is 1. The van der Waals surface area contributed by atoms with E-state index >= 15 is 0 Å². The van der Waals surface area contributed by atoms with Crippen molar-refractivity contribution in [3.63, 3.8) is 0 Å². The van der Waals surface area contributed by atoms with Gasteiger partial charge in [0.1, 0.15) is 0 Å². The maximum absolute atomic E-state index is 11.0. The highest BCUT2D eigenvalue weighted by molar-refractivity contribution is 5.92. The van der Waals surface area contributed by atoms with Crippen molar-refractivity contribution in [1.29, 1.82) is 5.39 Å². The number of ether oxygens (including phenoxy) is 1. The minimum atomic E-state index is -0.581. The van der Waals surface area contributed by atoms with E-state index < -0.39 is 5.97 Å². The van der Waals surface area contributed by atoms with Crippen molar-refractivity contribution < 1.29 is 21.9 Å². The Balaban J connectivity index is 0.00000144. The number of H-pyrrole nitrogens is 1. The number of hydrogen-bond acceptors (Lipinski definition) is 4. The van der Waals surface area contributed by atoms with Crippen molar-refractivity contribution in [2.24, 2.45) is 0 Å². The second-order valence-electron chi connectivity index (χ2n) is 1.92. The number of rotatable bonds is 2. The summed E-state index contributed by atoms with van der Waals surface area (Å²) >= 11 is 0. The molecule has 0 atom stereocenters. The number of aromatic amines is 1. The van der Waals surface area contributed by atoms with Gasteiger partial charge in [-0.1, -0.05) is 0 Å². The molecule has 7 heteroatoms. The van der Waals surface area contributed by atoms with Crippen LogP contribution >= 0.6 is 0 Å². The number of carbonyl (C=O) groups excluding carboxylic acids is 1. The predicted octanol–water partition coefficient (Wildman–Crippen LogP) is -1.93. The summed E-state index contributed by atoms with van der Waals surface area (Å²) in [7, 11) is 0. The topological polar surface area (TPSA) is 83.1 Å². The van der Waals surface area contributed by atoms with Crippen LogP contribution in [0.3, 0.4) is 0 Å². The number of nitrogens with one attached hydrogen (secondary N) is 1. The summed E-state index contributed by atoms with van der Waals surface area (Å²) in [6.07, 6.45) is 1.25. The summed E-state index contributed by atoms with van der Waals surface area (Å²) in [6, 6.07) is 0. The van der Waals surface area contributed by atoms with Crippen LogP contribution in [-0.4, -0.2) is 22.5 Å². The third kappa shape index (κ3) is 2.42. The standard InChI is InChI=1S/C6H6N4O2.ClH/c1-2-12-6(11)4-5(10-7)9-3-8-4;/h3H,2H2,1H3;1H. The number of hydrogen-bond donors (Lipinski definition) is 1. The second-order valence-corrected chi connectivity index (χ2v) is 1.92. The van der Waals surface area contributed by atoms with E-state index in [4.69, 9.17) is 5.39 Å². The number of diazo groups is 1. The maximum atomic E-state index is 11.0. The lowest BCUT2D eigenvalue weighted by Gasteiger charge is -1.94. The first-order valence-corrected chi connectivity index (χ1v) is 3.35. The van der Waals surface area contributed by atoms with Gasteiger partial charge in [0.05, 0.1) is 12.0 Å². The second kappa shape index (κ2) is 5.11. The Morgan fingerprint density at radius 3 is 3.08 bits per heavy atom. The van der Waals surface area contributed by atoms with Crippen LogP contribution in [-0.2, 0) is 4.74 Å². The molecule has 0 bridgehead atoms. The fourth-order valence-electron chi connectivity index (χ4n) is 0.716. The maximum Gasteiger partial charge on any atom is 0.497 e. The zero-order valence-electron chi connectivity index (χ0n) is 6.82. The minimum Gasteiger partial charge on any atom is -1.00 e. The van der Waals surface area contributed by atoms with Gasteiger partial charge >= 0.3 is 11.8 Å². The largest absolute Gasteiger partial charge is 1.00 e. The molecule has 0 aromatic carbocycles. The average Bonchev–Trinajstić information content (AvgIpc) is 2.51. The molecule has 0 aliphatic carbocycles. The molecule has 1 rings (SSSR count). The molecule has 0 amide bonds. The van der Waals surface area contributed by atoms with E-state index in [-0.39, 0.29) is 30.5 Å². The van der Waals surface area contributed by atoms with Crippen LogP contribution in [0.15, 0.2) is 6.33 Å². The third-order valence-corrected chi connectivity index (χ3v) is 1.19. The van der Waals surface area contributed by atoms with Crippen LogP contribution in [0.5, 0.6) is 0 Å². The highest BCUT2D eigenvalue weighted by Crippen LogP contribution is 2.13. The summed E-state index contributed by atoms with van der Waals surface area (Å²) < 4.78 is 4.65. The highest BCUT2D eigenvalue weighted by atomic mass is 35.5. The molecule has 0 unspecified atom stereocenters. The van der Waals surface area contributed by atoms with E-state index in [1.807, 2.05) is 0 Å². The molecular formula is C6H7ClN4O2. The molecule has 0 aliphatic rings.